The number of benzene rings is 1. The minimum atomic E-state index is -1.40. The molecule has 0 N–H and O–H groups in total. The van der Waals surface area contributed by atoms with E-state index in [1.54, 1.807) is 0 Å². The molecule has 1 aromatic rings. The van der Waals surface area contributed by atoms with Crippen molar-refractivity contribution in [2.75, 3.05) is 0 Å². The maximum atomic E-state index is 10.9. The zero-order chi connectivity index (χ0) is 12.5. The number of hydrogen-bond donors (Lipinski definition) is 0. The Balaban J connectivity index is 3.43. The van der Waals surface area contributed by atoms with Crippen LogP contribution in [0.2, 0.25) is 0 Å². The van der Waals surface area contributed by atoms with Crippen LogP contribution >= 0.6 is 0 Å². The average molecular weight is 220 g/mol. The van der Waals surface area contributed by atoms with E-state index in [2.05, 4.69) is 0 Å². The van der Waals surface area contributed by atoms with Gasteiger partial charge < -0.3 is 19.8 Å². The van der Waals surface area contributed by atoms with Gasteiger partial charge in [0, 0.05) is 5.56 Å². The largest absolute Gasteiger partial charge is 0.545 e. The van der Waals surface area contributed by atoms with Crippen molar-refractivity contribution in [2.45, 2.75) is 26.2 Å². The predicted molar refractivity (Wildman–Crippen MR) is 53.8 cm³/mol. The lowest BCUT2D eigenvalue weighted by atomic mass is 9.83. The Labute approximate surface area is 93.5 Å². The zero-order valence-corrected chi connectivity index (χ0v) is 9.37. The summed E-state index contributed by atoms with van der Waals surface area (Å²) >= 11 is 0. The molecule has 0 aliphatic rings. The zero-order valence-electron chi connectivity index (χ0n) is 9.37. The maximum Gasteiger partial charge on any atom is 0.0718 e. The summed E-state index contributed by atoms with van der Waals surface area (Å²) in [5, 5.41) is 21.5. The molecule has 1 rings (SSSR count). The number of aromatic carboxylic acids is 2. The van der Waals surface area contributed by atoms with Crippen molar-refractivity contribution < 1.29 is 19.8 Å². The maximum absolute atomic E-state index is 10.9. The molecule has 0 saturated heterocycles. The van der Waals surface area contributed by atoms with E-state index in [-0.39, 0.29) is 16.5 Å². The minimum Gasteiger partial charge on any atom is -0.545 e. The molecule has 0 unspecified atom stereocenters. The van der Waals surface area contributed by atoms with Crippen molar-refractivity contribution in [1.29, 1.82) is 0 Å². The van der Waals surface area contributed by atoms with E-state index in [1.165, 1.54) is 12.1 Å². The quantitative estimate of drug-likeness (QED) is 0.686. The Hall–Kier alpha value is -1.84. The molecule has 0 aliphatic heterocycles. The van der Waals surface area contributed by atoms with Gasteiger partial charge in [-0.3, -0.25) is 0 Å². The summed E-state index contributed by atoms with van der Waals surface area (Å²) in [5.74, 6) is -2.78. The van der Waals surface area contributed by atoms with Crippen LogP contribution in [0.1, 0.15) is 47.1 Å². The smallest absolute Gasteiger partial charge is 0.0718 e. The Morgan fingerprint density at radius 2 is 1.62 bits per heavy atom. The number of rotatable bonds is 2. The van der Waals surface area contributed by atoms with Gasteiger partial charge in [0.15, 0.2) is 0 Å². The second kappa shape index (κ2) is 3.96. The summed E-state index contributed by atoms with van der Waals surface area (Å²) in [7, 11) is 0. The molecule has 0 atom stereocenters. The molecular formula is C12H12O4-2. The summed E-state index contributed by atoms with van der Waals surface area (Å²) < 4.78 is 0. The highest BCUT2D eigenvalue weighted by molar-refractivity contribution is 5.93. The molecule has 0 aromatic heterocycles. The lowest BCUT2D eigenvalue weighted by Crippen LogP contribution is -2.29. The second-order valence-corrected chi connectivity index (χ2v) is 4.59. The van der Waals surface area contributed by atoms with Crippen LogP contribution < -0.4 is 10.2 Å². The molecule has 0 amide bonds. The molecule has 0 heterocycles. The number of carbonyl (C=O) groups is 2. The number of carboxylic acid groups (broad SMARTS) is 2. The Bertz CT molecular complexity index is 441. The Morgan fingerprint density at radius 3 is 2.00 bits per heavy atom. The van der Waals surface area contributed by atoms with E-state index in [0.29, 0.717) is 5.56 Å². The van der Waals surface area contributed by atoms with Gasteiger partial charge in [-0.25, -0.2) is 0 Å². The number of carboxylic acids is 2. The third-order valence-electron chi connectivity index (χ3n) is 2.28. The molecule has 0 aliphatic carbocycles. The van der Waals surface area contributed by atoms with E-state index < -0.39 is 11.9 Å². The van der Waals surface area contributed by atoms with Crippen LogP contribution in [0.25, 0.3) is 0 Å². The standard InChI is InChI=1S/C12H14O4/c1-12(2,3)9-5-4-7(10(13)14)6-8(9)11(15)16/h4-6H,1-3H3,(H,13,14)(H,15,16)/p-2. The van der Waals surface area contributed by atoms with Crippen molar-refractivity contribution in [3.05, 3.63) is 34.9 Å². The molecule has 4 nitrogen and oxygen atoms in total. The number of hydrogen-bond acceptors (Lipinski definition) is 4. The summed E-state index contributed by atoms with van der Waals surface area (Å²) in [4.78, 5) is 21.5. The first-order valence-electron chi connectivity index (χ1n) is 4.80. The first-order chi connectivity index (χ1) is 7.23. The van der Waals surface area contributed by atoms with Gasteiger partial charge in [0.05, 0.1) is 11.9 Å². The topological polar surface area (TPSA) is 80.3 Å². The third-order valence-corrected chi connectivity index (χ3v) is 2.28. The highest BCUT2D eigenvalue weighted by Gasteiger charge is 2.18. The fourth-order valence-corrected chi connectivity index (χ4v) is 1.49. The van der Waals surface area contributed by atoms with Crippen LogP contribution in [-0.2, 0) is 5.41 Å². The molecular weight excluding hydrogens is 208 g/mol. The van der Waals surface area contributed by atoms with Crippen molar-refractivity contribution >= 4 is 11.9 Å². The highest BCUT2D eigenvalue weighted by Crippen LogP contribution is 2.26. The lowest BCUT2D eigenvalue weighted by Gasteiger charge is -2.24. The van der Waals surface area contributed by atoms with Gasteiger partial charge >= 0.3 is 0 Å². The van der Waals surface area contributed by atoms with Crippen LogP contribution in [-0.4, -0.2) is 11.9 Å². The third kappa shape index (κ3) is 2.39. The summed E-state index contributed by atoms with van der Waals surface area (Å²) in [6.45, 7) is 5.52. The average Bonchev–Trinajstić information content (AvgIpc) is 2.15. The van der Waals surface area contributed by atoms with Crippen molar-refractivity contribution in [2.24, 2.45) is 0 Å². The molecule has 16 heavy (non-hydrogen) atoms. The first-order valence-corrected chi connectivity index (χ1v) is 4.80. The van der Waals surface area contributed by atoms with Crippen LogP contribution in [0.15, 0.2) is 18.2 Å². The van der Waals surface area contributed by atoms with Crippen molar-refractivity contribution in [3.8, 4) is 0 Å². The van der Waals surface area contributed by atoms with E-state index in [1.807, 2.05) is 20.8 Å². The SMILES string of the molecule is CC(C)(C)c1ccc(C(=O)[O-])cc1C(=O)[O-]. The van der Waals surface area contributed by atoms with E-state index >= 15 is 0 Å². The minimum absolute atomic E-state index is 0.103. The van der Waals surface area contributed by atoms with Gasteiger partial charge in [0.1, 0.15) is 0 Å². The van der Waals surface area contributed by atoms with Crippen molar-refractivity contribution in [3.63, 3.8) is 0 Å². The normalized spacial score (nSPS) is 11.2. The Morgan fingerprint density at radius 1 is 1.06 bits per heavy atom. The van der Waals surface area contributed by atoms with Gasteiger partial charge in [0.2, 0.25) is 0 Å². The first kappa shape index (κ1) is 12.2. The van der Waals surface area contributed by atoms with Gasteiger partial charge in [-0.15, -0.1) is 0 Å². The second-order valence-electron chi connectivity index (χ2n) is 4.59. The highest BCUT2D eigenvalue weighted by atomic mass is 16.4. The van der Waals surface area contributed by atoms with Gasteiger partial charge in [-0.1, -0.05) is 32.9 Å². The lowest BCUT2D eigenvalue weighted by molar-refractivity contribution is -0.255. The van der Waals surface area contributed by atoms with Gasteiger partial charge in [-0.2, -0.15) is 0 Å². The fourth-order valence-electron chi connectivity index (χ4n) is 1.49. The molecule has 1 aromatic carbocycles. The van der Waals surface area contributed by atoms with Gasteiger partial charge in [-0.05, 0) is 22.6 Å². The van der Waals surface area contributed by atoms with Crippen LogP contribution in [0.5, 0.6) is 0 Å². The summed E-state index contributed by atoms with van der Waals surface area (Å²) in [6.07, 6.45) is 0. The molecule has 0 fully saturated rings. The summed E-state index contributed by atoms with van der Waals surface area (Å²) in [5.41, 5.74) is -0.112. The van der Waals surface area contributed by atoms with E-state index in [4.69, 9.17) is 0 Å². The molecule has 4 heteroatoms. The molecule has 0 saturated carbocycles. The van der Waals surface area contributed by atoms with Crippen LogP contribution in [0, 0.1) is 0 Å². The van der Waals surface area contributed by atoms with Crippen LogP contribution in [0.4, 0.5) is 0 Å². The van der Waals surface area contributed by atoms with Gasteiger partial charge in [0.25, 0.3) is 0 Å². The molecule has 0 bridgehead atoms. The fraction of sp³-hybridized carbons (Fsp3) is 0.333. The summed E-state index contributed by atoms with van der Waals surface area (Å²) in [6, 6.07) is 3.89. The van der Waals surface area contributed by atoms with Crippen LogP contribution in [0.3, 0.4) is 0 Å². The Kier molecular flexibility index (Phi) is 3.03. The van der Waals surface area contributed by atoms with E-state index in [0.717, 1.165) is 6.07 Å². The predicted octanol–water partition coefficient (Wildman–Crippen LogP) is -0.289. The molecule has 86 valence electrons. The number of carbonyl (C=O) groups excluding carboxylic acids is 2. The van der Waals surface area contributed by atoms with Crippen molar-refractivity contribution in [1.82, 2.24) is 0 Å². The molecule has 0 spiro atoms. The molecule has 0 radical (unpaired) electrons. The van der Waals surface area contributed by atoms with E-state index in [9.17, 15) is 19.8 Å². The monoisotopic (exact) mass is 220 g/mol.